The molecule has 6 heteroatoms. The van der Waals surface area contributed by atoms with Gasteiger partial charge < -0.3 is 10.2 Å². The van der Waals surface area contributed by atoms with Gasteiger partial charge in [-0.15, -0.1) is 0 Å². The van der Waals surface area contributed by atoms with Crippen molar-refractivity contribution in [3.63, 3.8) is 0 Å². The van der Waals surface area contributed by atoms with Crippen LogP contribution in [0.2, 0.25) is 5.02 Å². The molecule has 0 aliphatic heterocycles. The summed E-state index contributed by atoms with van der Waals surface area (Å²) in [6, 6.07) is 18.4. The second-order valence-corrected chi connectivity index (χ2v) is 13.7. The van der Waals surface area contributed by atoms with E-state index in [1.807, 2.05) is 56.0 Å². The van der Waals surface area contributed by atoms with Crippen LogP contribution in [0.4, 0.5) is 0 Å². The van der Waals surface area contributed by atoms with Gasteiger partial charge in [0.2, 0.25) is 0 Å². The van der Waals surface area contributed by atoms with Crippen molar-refractivity contribution in [2.24, 2.45) is 11.3 Å². The summed E-state index contributed by atoms with van der Waals surface area (Å²) in [5.41, 5.74) is 4.53. The molecular formula is C35H38ClNO3S. The maximum absolute atomic E-state index is 11.5. The molecule has 214 valence electrons. The average Bonchev–Trinajstić information content (AvgIpc) is 3.70. The number of carboxylic acid groups (broad SMARTS) is 1. The predicted molar refractivity (Wildman–Crippen MR) is 172 cm³/mol. The minimum atomic E-state index is -0.772. The molecule has 41 heavy (non-hydrogen) atoms. The van der Waals surface area contributed by atoms with Crippen molar-refractivity contribution < 1.29 is 15.0 Å². The van der Waals surface area contributed by atoms with E-state index >= 15 is 0 Å². The van der Waals surface area contributed by atoms with Gasteiger partial charge in [-0.2, -0.15) is 11.8 Å². The molecule has 0 spiro atoms. The quantitative estimate of drug-likeness (QED) is 0.221. The van der Waals surface area contributed by atoms with Gasteiger partial charge in [0.15, 0.2) is 0 Å². The van der Waals surface area contributed by atoms with Crippen LogP contribution >= 0.6 is 23.4 Å². The molecule has 1 saturated carbocycles. The summed E-state index contributed by atoms with van der Waals surface area (Å²) in [6.07, 6.45) is 15.4. The number of hydrogen-bond donors (Lipinski definition) is 2. The summed E-state index contributed by atoms with van der Waals surface area (Å²) >= 11 is 8.06. The van der Waals surface area contributed by atoms with Gasteiger partial charge in [0.05, 0.1) is 23.2 Å². The maximum Gasteiger partial charge on any atom is 0.303 e. The van der Waals surface area contributed by atoms with Crippen molar-refractivity contribution in [2.45, 2.75) is 63.2 Å². The van der Waals surface area contributed by atoms with Crippen LogP contribution in [0, 0.1) is 11.3 Å². The van der Waals surface area contributed by atoms with Gasteiger partial charge in [-0.1, -0.05) is 77.9 Å². The Labute approximate surface area is 252 Å². The Hall–Kier alpha value is -2.86. The number of carboxylic acids is 1. The van der Waals surface area contributed by atoms with E-state index in [0.717, 1.165) is 60.0 Å². The molecule has 1 unspecified atom stereocenters. The molecule has 5 rings (SSSR count). The second kappa shape index (κ2) is 12.6. The Kier molecular flexibility index (Phi) is 9.08. The van der Waals surface area contributed by atoms with Crippen LogP contribution in [0.5, 0.6) is 0 Å². The highest BCUT2D eigenvalue weighted by molar-refractivity contribution is 7.99. The van der Waals surface area contributed by atoms with E-state index in [1.54, 1.807) is 0 Å². The number of allylic oxidation sites excluding steroid dienone is 3. The molecule has 2 atom stereocenters. The van der Waals surface area contributed by atoms with E-state index in [0.29, 0.717) is 5.02 Å². The van der Waals surface area contributed by atoms with Crippen LogP contribution in [0.25, 0.3) is 23.1 Å². The second-order valence-electron chi connectivity index (χ2n) is 12.1. The lowest BCUT2D eigenvalue weighted by Crippen LogP contribution is -2.32. The smallest absolute Gasteiger partial charge is 0.303 e. The molecule has 0 saturated heterocycles. The van der Waals surface area contributed by atoms with Crippen LogP contribution in [-0.4, -0.2) is 32.5 Å². The van der Waals surface area contributed by atoms with E-state index in [4.69, 9.17) is 16.6 Å². The third-order valence-electron chi connectivity index (χ3n) is 8.29. The van der Waals surface area contributed by atoms with Crippen LogP contribution in [0.1, 0.15) is 74.4 Å². The van der Waals surface area contributed by atoms with E-state index in [2.05, 4.69) is 54.6 Å². The number of aromatic nitrogens is 1. The van der Waals surface area contributed by atoms with Crippen molar-refractivity contribution in [3.05, 3.63) is 100 Å². The lowest BCUT2D eigenvalue weighted by Gasteiger charge is -2.33. The summed E-state index contributed by atoms with van der Waals surface area (Å²) in [6.45, 7) is 3.79. The van der Waals surface area contributed by atoms with Gasteiger partial charge in [-0.25, -0.2) is 4.98 Å². The van der Waals surface area contributed by atoms with Crippen LogP contribution in [-0.2, 0) is 4.79 Å². The number of fused-ring (bicyclic) bond motifs is 1. The van der Waals surface area contributed by atoms with E-state index in [1.165, 1.54) is 11.1 Å². The molecule has 2 N–H and O–H groups in total. The minimum Gasteiger partial charge on any atom is -0.481 e. The summed E-state index contributed by atoms with van der Waals surface area (Å²) in [5.74, 6) is 0.253. The number of hydrogen-bond acceptors (Lipinski definition) is 4. The standard InChI is InChI=1S/C35H38ClNO3S/c1-34(2,40)30-9-4-3-7-25(30)13-17-32(41-23-35(18-19-35)22-33(38)39)27-8-5-6-24(20-27)10-15-29-16-12-26-11-14-28(36)21-31(26)37-29/h3-8,10-12,14-16,20-21,30,32,40H,9,13,17-19,22-23H2,1-2H3,(H,38,39)/b15-10+/t30?,32-/m1/s1. The molecule has 0 amide bonds. The molecular weight excluding hydrogens is 550 g/mol. The average molecular weight is 588 g/mol. The Bertz CT molecular complexity index is 1500. The minimum absolute atomic E-state index is 0.0701. The van der Waals surface area contributed by atoms with Crippen molar-refractivity contribution in [2.75, 3.05) is 5.75 Å². The first-order chi connectivity index (χ1) is 19.6. The van der Waals surface area contributed by atoms with E-state index in [-0.39, 0.29) is 23.0 Å². The summed E-state index contributed by atoms with van der Waals surface area (Å²) in [4.78, 5) is 16.2. The topological polar surface area (TPSA) is 70.4 Å². The Balaban J connectivity index is 1.35. The molecule has 1 heterocycles. The third-order valence-corrected chi connectivity index (χ3v) is 10.2. The number of halogens is 1. The number of pyridine rings is 1. The number of thioether (sulfide) groups is 1. The summed E-state index contributed by atoms with van der Waals surface area (Å²) < 4.78 is 0. The zero-order valence-corrected chi connectivity index (χ0v) is 25.3. The number of carbonyl (C=O) groups is 1. The first-order valence-electron chi connectivity index (χ1n) is 14.4. The van der Waals surface area contributed by atoms with E-state index < -0.39 is 11.6 Å². The van der Waals surface area contributed by atoms with Crippen molar-refractivity contribution in [1.82, 2.24) is 4.98 Å². The molecule has 3 aromatic rings. The maximum atomic E-state index is 11.5. The highest BCUT2D eigenvalue weighted by atomic mass is 35.5. The van der Waals surface area contributed by atoms with Crippen molar-refractivity contribution >= 4 is 52.4 Å². The third kappa shape index (κ3) is 7.91. The van der Waals surface area contributed by atoms with Gasteiger partial charge in [0.25, 0.3) is 0 Å². The summed E-state index contributed by atoms with van der Waals surface area (Å²) in [7, 11) is 0. The van der Waals surface area contributed by atoms with Gasteiger partial charge in [0, 0.05) is 27.3 Å². The molecule has 2 aliphatic rings. The Morgan fingerprint density at radius 3 is 2.73 bits per heavy atom. The Morgan fingerprint density at radius 2 is 1.98 bits per heavy atom. The molecule has 2 aromatic carbocycles. The normalized spacial score (nSPS) is 18.9. The highest BCUT2D eigenvalue weighted by Gasteiger charge is 2.44. The number of nitrogens with zero attached hydrogens (tertiary/aromatic N) is 1. The fourth-order valence-electron chi connectivity index (χ4n) is 5.71. The molecule has 0 radical (unpaired) electrons. The van der Waals surface area contributed by atoms with Gasteiger partial charge >= 0.3 is 5.97 Å². The first kappa shape index (κ1) is 29.6. The number of rotatable bonds is 12. The highest BCUT2D eigenvalue weighted by Crippen LogP contribution is 2.53. The fraction of sp³-hybridized carbons (Fsp3) is 0.371. The van der Waals surface area contributed by atoms with Crippen molar-refractivity contribution in [3.8, 4) is 0 Å². The van der Waals surface area contributed by atoms with Gasteiger partial charge in [0.1, 0.15) is 0 Å². The predicted octanol–water partition coefficient (Wildman–Crippen LogP) is 9.14. The van der Waals surface area contributed by atoms with Gasteiger partial charge in [-0.05, 0) is 86.8 Å². The number of aliphatic hydroxyl groups is 1. The van der Waals surface area contributed by atoms with E-state index in [9.17, 15) is 15.0 Å². The van der Waals surface area contributed by atoms with Crippen LogP contribution in [0.3, 0.4) is 0 Å². The molecule has 0 bridgehead atoms. The number of benzene rings is 2. The molecule has 1 aromatic heterocycles. The number of aliphatic carboxylic acids is 1. The lowest BCUT2D eigenvalue weighted by molar-refractivity contribution is -0.138. The van der Waals surface area contributed by atoms with Crippen LogP contribution < -0.4 is 0 Å². The first-order valence-corrected chi connectivity index (χ1v) is 15.8. The van der Waals surface area contributed by atoms with Gasteiger partial charge in [-0.3, -0.25) is 4.79 Å². The lowest BCUT2D eigenvalue weighted by atomic mass is 9.78. The monoisotopic (exact) mass is 587 g/mol. The molecule has 1 fully saturated rings. The Morgan fingerprint density at radius 1 is 1.17 bits per heavy atom. The van der Waals surface area contributed by atoms with Crippen molar-refractivity contribution in [1.29, 1.82) is 0 Å². The summed E-state index contributed by atoms with van der Waals surface area (Å²) in [5, 5.41) is 22.2. The van der Waals surface area contributed by atoms with Crippen LogP contribution in [0.15, 0.2) is 78.4 Å². The SMILES string of the molecule is CC(C)(O)C1CC=CC=C1CC[C@@H](SCC1(CC(=O)O)CC1)c1cccc(/C=C/c2ccc3ccc(Cl)cc3n2)c1. The fourth-order valence-corrected chi connectivity index (χ4v) is 7.44. The molecule has 2 aliphatic carbocycles. The molecule has 4 nitrogen and oxygen atoms in total. The zero-order valence-electron chi connectivity index (χ0n) is 23.7. The largest absolute Gasteiger partial charge is 0.481 e. The zero-order chi connectivity index (χ0) is 29.0.